The third kappa shape index (κ3) is 1.12. The Morgan fingerprint density at radius 1 is 1.27 bits per heavy atom. The molecule has 2 nitrogen and oxygen atoms in total. The first-order valence-corrected chi connectivity index (χ1v) is 3.58. The summed E-state index contributed by atoms with van der Waals surface area (Å²) in [6.45, 7) is 0. The fourth-order valence-electron chi connectivity index (χ4n) is 1.16. The van der Waals surface area contributed by atoms with Crippen LogP contribution in [0.4, 0.5) is 0 Å². The Hall–Kier alpha value is -1.28. The number of aliphatic hydroxyl groups is 1. The van der Waals surface area contributed by atoms with Crippen LogP contribution in [0.1, 0.15) is 0 Å². The van der Waals surface area contributed by atoms with Gasteiger partial charge in [0.05, 0.1) is 6.10 Å². The van der Waals surface area contributed by atoms with Gasteiger partial charge in [0.15, 0.2) is 0 Å². The van der Waals surface area contributed by atoms with Crippen LogP contribution < -0.4 is 0 Å². The summed E-state index contributed by atoms with van der Waals surface area (Å²) in [5.74, 6) is 0. The quantitative estimate of drug-likeness (QED) is 0.555. The van der Waals surface area contributed by atoms with Crippen LogP contribution in [0.15, 0.2) is 48.5 Å². The lowest BCUT2D eigenvalue weighted by Crippen LogP contribution is -2.17. The van der Waals surface area contributed by atoms with E-state index in [4.69, 9.17) is 0 Å². The summed E-state index contributed by atoms with van der Waals surface area (Å²) < 4.78 is 0. The SMILES string of the molecule is OC1C=CN2C=CC=CC2=C1. The van der Waals surface area contributed by atoms with Crippen molar-refractivity contribution < 1.29 is 5.11 Å². The molecular weight excluding hydrogens is 138 g/mol. The second-order valence-corrected chi connectivity index (χ2v) is 2.53. The third-order valence-corrected chi connectivity index (χ3v) is 1.71. The van der Waals surface area contributed by atoms with Crippen LogP contribution in [0, 0.1) is 0 Å². The first-order valence-electron chi connectivity index (χ1n) is 3.58. The summed E-state index contributed by atoms with van der Waals surface area (Å²) in [4.78, 5) is 1.96. The Bertz CT molecular complexity index is 273. The molecule has 2 rings (SSSR count). The van der Waals surface area contributed by atoms with Gasteiger partial charge in [-0.1, -0.05) is 6.08 Å². The fourth-order valence-corrected chi connectivity index (χ4v) is 1.16. The molecule has 0 aromatic carbocycles. The molecule has 0 spiro atoms. The molecule has 0 aliphatic carbocycles. The molecule has 0 saturated carbocycles. The maximum absolute atomic E-state index is 9.20. The van der Waals surface area contributed by atoms with Crippen molar-refractivity contribution in [1.29, 1.82) is 0 Å². The van der Waals surface area contributed by atoms with E-state index >= 15 is 0 Å². The molecule has 0 saturated heterocycles. The highest BCUT2D eigenvalue weighted by molar-refractivity contribution is 5.34. The van der Waals surface area contributed by atoms with Crippen LogP contribution in [0.3, 0.4) is 0 Å². The van der Waals surface area contributed by atoms with Crippen LogP contribution in [0.5, 0.6) is 0 Å². The van der Waals surface area contributed by atoms with E-state index in [2.05, 4.69) is 0 Å². The van der Waals surface area contributed by atoms with Crippen molar-refractivity contribution in [3.05, 3.63) is 48.5 Å². The Balaban J connectivity index is 2.31. The minimum atomic E-state index is -0.433. The smallest absolute Gasteiger partial charge is 0.0942 e. The van der Waals surface area contributed by atoms with E-state index in [0.29, 0.717) is 0 Å². The van der Waals surface area contributed by atoms with Gasteiger partial charge in [-0.15, -0.1) is 0 Å². The molecule has 2 aliphatic rings. The highest BCUT2D eigenvalue weighted by atomic mass is 16.3. The predicted octanol–water partition coefficient (Wildman–Crippen LogP) is 1.14. The maximum atomic E-state index is 9.20. The van der Waals surface area contributed by atoms with E-state index in [1.54, 1.807) is 12.2 Å². The summed E-state index contributed by atoms with van der Waals surface area (Å²) in [5, 5.41) is 9.20. The third-order valence-electron chi connectivity index (χ3n) is 1.71. The minimum absolute atomic E-state index is 0.433. The van der Waals surface area contributed by atoms with Gasteiger partial charge >= 0.3 is 0 Å². The molecule has 1 unspecified atom stereocenters. The number of rotatable bonds is 0. The zero-order valence-electron chi connectivity index (χ0n) is 6.01. The van der Waals surface area contributed by atoms with Crippen molar-refractivity contribution >= 4 is 0 Å². The molecule has 11 heavy (non-hydrogen) atoms. The standard InChI is InChI=1S/C9H9NO/c11-9-4-6-10-5-2-1-3-8(10)7-9/h1-7,9,11H. The number of fused-ring (bicyclic) bond motifs is 1. The normalized spacial score (nSPS) is 26.8. The topological polar surface area (TPSA) is 23.5 Å². The summed E-state index contributed by atoms with van der Waals surface area (Å²) in [6.07, 6.45) is 12.8. The van der Waals surface area contributed by atoms with Crippen LogP contribution in [-0.2, 0) is 0 Å². The molecular formula is C9H9NO. The molecule has 2 heteroatoms. The lowest BCUT2D eigenvalue weighted by molar-refractivity contribution is 0.263. The van der Waals surface area contributed by atoms with E-state index in [-0.39, 0.29) is 0 Å². The lowest BCUT2D eigenvalue weighted by Gasteiger charge is -2.23. The van der Waals surface area contributed by atoms with E-state index in [9.17, 15) is 5.11 Å². The van der Waals surface area contributed by atoms with Gasteiger partial charge < -0.3 is 10.0 Å². The van der Waals surface area contributed by atoms with Crippen molar-refractivity contribution in [3.63, 3.8) is 0 Å². The van der Waals surface area contributed by atoms with Crippen LogP contribution >= 0.6 is 0 Å². The molecule has 0 aromatic heterocycles. The summed E-state index contributed by atoms with van der Waals surface area (Å²) in [5.41, 5.74) is 1.03. The second-order valence-electron chi connectivity index (χ2n) is 2.53. The van der Waals surface area contributed by atoms with Gasteiger partial charge in [0, 0.05) is 18.1 Å². The van der Waals surface area contributed by atoms with Crippen molar-refractivity contribution in [2.24, 2.45) is 0 Å². The zero-order valence-corrected chi connectivity index (χ0v) is 6.01. The van der Waals surface area contributed by atoms with E-state index < -0.39 is 6.10 Å². The summed E-state index contributed by atoms with van der Waals surface area (Å²) in [7, 11) is 0. The Morgan fingerprint density at radius 2 is 2.18 bits per heavy atom. The molecule has 0 aromatic rings. The number of hydrogen-bond donors (Lipinski definition) is 1. The van der Waals surface area contributed by atoms with Gasteiger partial charge in [0.1, 0.15) is 0 Å². The largest absolute Gasteiger partial charge is 0.385 e. The van der Waals surface area contributed by atoms with Gasteiger partial charge in [-0.25, -0.2) is 0 Å². The lowest BCUT2D eigenvalue weighted by atomic mass is 10.1. The number of aliphatic hydroxyl groups excluding tert-OH is 1. The Morgan fingerprint density at radius 3 is 3.09 bits per heavy atom. The first kappa shape index (κ1) is 6.43. The summed E-state index contributed by atoms with van der Waals surface area (Å²) in [6, 6.07) is 0. The summed E-state index contributed by atoms with van der Waals surface area (Å²) >= 11 is 0. The van der Waals surface area contributed by atoms with E-state index in [1.807, 2.05) is 35.5 Å². The molecule has 0 bridgehead atoms. The number of allylic oxidation sites excluding steroid dienone is 3. The average molecular weight is 147 g/mol. The highest BCUT2D eigenvalue weighted by Crippen LogP contribution is 2.17. The minimum Gasteiger partial charge on any atom is -0.385 e. The van der Waals surface area contributed by atoms with Crippen LogP contribution in [0.2, 0.25) is 0 Å². The monoisotopic (exact) mass is 147 g/mol. The van der Waals surface area contributed by atoms with Crippen molar-refractivity contribution in [1.82, 2.24) is 4.90 Å². The Kier molecular flexibility index (Phi) is 1.40. The molecule has 2 aliphatic heterocycles. The van der Waals surface area contributed by atoms with E-state index in [0.717, 1.165) is 5.70 Å². The zero-order chi connectivity index (χ0) is 7.68. The van der Waals surface area contributed by atoms with Crippen molar-refractivity contribution in [2.45, 2.75) is 6.10 Å². The van der Waals surface area contributed by atoms with Crippen molar-refractivity contribution in [3.8, 4) is 0 Å². The van der Waals surface area contributed by atoms with Gasteiger partial charge in [-0.3, -0.25) is 0 Å². The van der Waals surface area contributed by atoms with Gasteiger partial charge in [-0.05, 0) is 24.3 Å². The Labute approximate surface area is 65.4 Å². The number of hydrogen-bond acceptors (Lipinski definition) is 2. The fraction of sp³-hybridized carbons (Fsp3) is 0.111. The predicted molar refractivity (Wildman–Crippen MR) is 43.3 cm³/mol. The van der Waals surface area contributed by atoms with Crippen LogP contribution in [0.25, 0.3) is 0 Å². The highest BCUT2D eigenvalue weighted by Gasteiger charge is 2.09. The molecule has 2 heterocycles. The van der Waals surface area contributed by atoms with Crippen molar-refractivity contribution in [2.75, 3.05) is 0 Å². The second kappa shape index (κ2) is 2.40. The molecule has 1 N–H and O–H groups in total. The molecule has 56 valence electrons. The van der Waals surface area contributed by atoms with Crippen LogP contribution in [-0.4, -0.2) is 16.1 Å². The molecule has 0 radical (unpaired) electrons. The average Bonchev–Trinajstić information content (AvgIpc) is 2.04. The van der Waals surface area contributed by atoms with Gasteiger partial charge in [0.25, 0.3) is 0 Å². The van der Waals surface area contributed by atoms with E-state index in [1.165, 1.54) is 0 Å². The number of nitrogens with zero attached hydrogens (tertiary/aromatic N) is 1. The maximum Gasteiger partial charge on any atom is 0.0942 e. The first-order chi connectivity index (χ1) is 5.36. The molecule has 1 atom stereocenters. The molecule has 0 fully saturated rings. The molecule has 0 amide bonds. The van der Waals surface area contributed by atoms with Gasteiger partial charge in [0.2, 0.25) is 0 Å². The van der Waals surface area contributed by atoms with Gasteiger partial charge in [-0.2, -0.15) is 0 Å².